The fraction of sp³-hybridized carbons (Fsp3) is 0.417. The molecule has 16 heavy (non-hydrogen) atoms. The van der Waals surface area contributed by atoms with Gasteiger partial charge in [0.2, 0.25) is 0 Å². The van der Waals surface area contributed by atoms with Gasteiger partial charge >= 0.3 is 5.97 Å². The van der Waals surface area contributed by atoms with Gasteiger partial charge in [0.05, 0.1) is 11.3 Å². The van der Waals surface area contributed by atoms with Crippen molar-refractivity contribution in [1.29, 1.82) is 0 Å². The number of hydrogen-bond acceptors (Lipinski definition) is 3. The van der Waals surface area contributed by atoms with E-state index in [0.29, 0.717) is 23.0 Å². The standard InChI is InChI=1S/C12H16N2O2/c13-8-5-6-10(12(15)16)11(7-8)14-9-3-1-2-4-9/h5-7,9,14H,1-4,13H2,(H,15,16). The molecule has 4 heteroatoms. The van der Waals surface area contributed by atoms with E-state index in [1.165, 1.54) is 12.8 Å². The molecule has 1 aromatic carbocycles. The number of nitrogens with one attached hydrogen (secondary N) is 1. The SMILES string of the molecule is Nc1ccc(C(=O)O)c(NC2CCCC2)c1. The van der Waals surface area contributed by atoms with Gasteiger partial charge in [0.25, 0.3) is 0 Å². The minimum absolute atomic E-state index is 0.293. The first-order valence-corrected chi connectivity index (χ1v) is 5.56. The van der Waals surface area contributed by atoms with Crippen molar-refractivity contribution in [1.82, 2.24) is 0 Å². The van der Waals surface area contributed by atoms with Crippen molar-refractivity contribution in [3.8, 4) is 0 Å². The van der Waals surface area contributed by atoms with Crippen LogP contribution in [-0.4, -0.2) is 17.1 Å². The van der Waals surface area contributed by atoms with Crippen LogP contribution in [0.4, 0.5) is 11.4 Å². The molecule has 0 radical (unpaired) electrons. The van der Waals surface area contributed by atoms with E-state index in [2.05, 4.69) is 5.32 Å². The molecule has 0 saturated heterocycles. The van der Waals surface area contributed by atoms with Crippen LogP contribution in [0, 0.1) is 0 Å². The molecule has 2 rings (SSSR count). The topological polar surface area (TPSA) is 75.4 Å². The van der Waals surface area contributed by atoms with Crippen molar-refractivity contribution >= 4 is 17.3 Å². The second kappa shape index (κ2) is 4.43. The summed E-state index contributed by atoms with van der Waals surface area (Å²) in [6, 6.07) is 5.25. The van der Waals surface area contributed by atoms with E-state index in [1.807, 2.05) is 0 Å². The van der Waals surface area contributed by atoms with Crippen LogP contribution in [0.1, 0.15) is 36.0 Å². The number of anilines is 2. The quantitative estimate of drug-likeness (QED) is 0.683. The molecule has 0 unspecified atom stereocenters. The highest BCUT2D eigenvalue weighted by Gasteiger charge is 2.17. The van der Waals surface area contributed by atoms with Crippen LogP contribution < -0.4 is 11.1 Å². The first-order chi connectivity index (χ1) is 7.66. The lowest BCUT2D eigenvalue weighted by Crippen LogP contribution is -2.17. The summed E-state index contributed by atoms with van der Waals surface area (Å²) in [7, 11) is 0. The number of nitrogens with two attached hydrogens (primary N) is 1. The lowest BCUT2D eigenvalue weighted by molar-refractivity contribution is 0.0698. The van der Waals surface area contributed by atoms with E-state index in [4.69, 9.17) is 10.8 Å². The molecule has 0 bridgehead atoms. The van der Waals surface area contributed by atoms with Gasteiger partial charge in [-0.3, -0.25) is 0 Å². The molecule has 0 spiro atoms. The highest BCUT2D eigenvalue weighted by molar-refractivity contribution is 5.95. The number of hydrogen-bond donors (Lipinski definition) is 3. The van der Waals surface area contributed by atoms with Gasteiger partial charge in [-0.15, -0.1) is 0 Å². The lowest BCUT2D eigenvalue weighted by Gasteiger charge is -2.15. The minimum Gasteiger partial charge on any atom is -0.478 e. The Labute approximate surface area is 94.5 Å². The summed E-state index contributed by atoms with van der Waals surface area (Å²) in [6.45, 7) is 0. The molecule has 1 saturated carbocycles. The van der Waals surface area contributed by atoms with Gasteiger partial charge in [-0.1, -0.05) is 12.8 Å². The van der Waals surface area contributed by atoms with Crippen LogP contribution in [0.3, 0.4) is 0 Å². The van der Waals surface area contributed by atoms with Crippen LogP contribution in [0.15, 0.2) is 18.2 Å². The largest absolute Gasteiger partial charge is 0.478 e. The Morgan fingerprint density at radius 2 is 2.06 bits per heavy atom. The highest BCUT2D eigenvalue weighted by atomic mass is 16.4. The smallest absolute Gasteiger partial charge is 0.337 e. The van der Waals surface area contributed by atoms with Gasteiger partial charge in [-0.05, 0) is 31.0 Å². The lowest BCUT2D eigenvalue weighted by atomic mass is 10.1. The van der Waals surface area contributed by atoms with Crippen LogP contribution in [0.25, 0.3) is 0 Å². The van der Waals surface area contributed by atoms with E-state index in [0.717, 1.165) is 12.8 Å². The van der Waals surface area contributed by atoms with Crippen molar-refractivity contribution in [3.05, 3.63) is 23.8 Å². The van der Waals surface area contributed by atoms with Gasteiger partial charge in [-0.2, -0.15) is 0 Å². The van der Waals surface area contributed by atoms with Crippen molar-refractivity contribution < 1.29 is 9.90 Å². The Kier molecular flexibility index (Phi) is 2.99. The molecule has 0 amide bonds. The molecule has 1 fully saturated rings. The molecule has 4 N–H and O–H groups in total. The van der Waals surface area contributed by atoms with E-state index in [1.54, 1.807) is 18.2 Å². The van der Waals surface area contributed by atoms with Crippen molar-refractivity contribution in [2.45, 2.75) is 31.7 Å². The van der Waals surface area contributed by atoms with Gasteiger partial charge < -0.3 is 16.2 Å². The van der Waals surface area contributed by atoms with E-state index < -0.39 is 5.97 Å². The monoisotopic (exact) mass is 220 g/mol. The van der Waals surface area contributed by atoms with E-state index in [-0.39, 0.29) is 0 Å². The molecule has 1 aliphatic rings. The van der Waals surface area contributed by atoms with Crippen LogP contribution in [0.5, 0.6) is 0 Å². The summed E-state index contributed by atoms with van der Waals surface area (Å²) in [4.78, 5) is 11.0. The minimum atomic E-state index is -0.916. The Morgan fingerprint density at radius 1 is 1.38 bits per heavy atom. The Morgan fingerprint density at radius 3 is 2.69 bits per heavy atom. The Balaban J connectivity index is 2.22. The zero-order valence-electron chi connectivity index (χ0n) is 9.07. The van der Waals surface area contributed by atoms with Gasteiger partial charge in [0.1, 0.15) is 0 Å². The molecule has 1 aliphatic carbocycles. The second-order valence-corrected chi connectivity index (χ2v) is 4.24. The molecule has 1 aromatic rings. The van der Waals surface area contributed by atoms with Gasteiger partial charge in [0.15, 0.2) is 0 Å². The number of nitrogen functional groups attached to an aromatic ring is 1. The zero-order chi connectivity index (χ0) is 11.5. The molecular weight excluding hydrogens is 204 g/mol. The molecule has 0 atom stereocenters. The van der Waals surface area contributed by atoms with Crippen LogP contribution in [0.2, 0.25) is 0 Å². The van der Waals surface area contributed by atoms with Crippen LogP contribution >= 0.6 is 0 Å². The van der Waals surface area contributed by atoms with Gasteiger partial charge in [0, 0.05) is 11.7 Å². The number of rotatable bonds is 3. The number of benzene rings is 1. The highest BCUT2D eigenvalue weighted by Crippen LogP contribution is 2.26. The van der Waals surface area contributed by atoms with Crippen LogP contribution in [-0.2, 0) is 0 Å². The fourth-order valence-corrected chi connectivity index (χ4v) is 2.16. The predicted octanol–water partition coefficient (Wildman–Crippen LogP) is 2.32. The molecule has 0 aromatic heterocycles. The summed E-state index contributed by atoms with van der Waals surface area (Å²) >= 11 is 0. The summed E-state index contributed by atoms with van der Waals surface area (Å²) in [5.74, 6) is -0.916. The van der Waals surface area contributed by atoms with Crippen molar-refractivity contribution in [3.63, 3.8) is 0 Å². The number of aromatic carboxylic acids is 1. The fourth-order valence-electron chi connectivity index (χ4n) is 2.16. The molecule has 0 heterocycles. The molecule has 4 nitrogen and oxygen atoms in total. The van der Waals surface area contributed by atoms with E-state index in [9.17, 15) is 4.79 Å². The summed E-state index contributed by atoms with van der Waals surface area (Å²) in [6.07, 6.45) is 4.63. The third-order valence-corrected chi connectivity index (χ3v) is 2.99. The average Bonchev–Trinajstić information content (AvgIpc) is 2.70. The number of carboxylic acids is 1. The van der Waals surface area contributed by atoms with Crippen molar-refractivity contribution in [2.75, 3.05) is 11.1 Å². The van der Waals surface area contributed by atoms with Crippen molar-refractivity contribution in [2.24, 2.45) is 0 Å². The number of carboxylic acid groups (broad SMARTS) is 1. The first kappa shape index (κ1) is 10.8. The maximum absolute atomic E-state index is 11.0. The third kappa shape index (κ3) is 2.27. The number of carbonyl (C=O) groups is 1. The maximum Gasteiger partial charge on any atom is 0.337 e. The third-order valence-electron chi connectivity index (χ3n) is 2.99. The van der Waals surface area contributed by atoms with Gasteiger partial charge in [-0.25, -0.2) is 4.79 Å². The second-order valence-electron chi connectivity index (χ2n) is 4.24. The molecular formula is C12H16N2O2. The molecule has 0 aliphatic heterocycles. The van der Waals surface area contributed by atoms with E-state index >= 15 is 0 Å². The normalized spacial score (nSPS) is 16.2. The predicted molar refractivity (Wildman–Crippen MR) is 63.7 cm³/mol. The maximum atomic E-state index is 11.0. The summed E-state index contributed by atoms with van der Waals surface area (Å²) in [5.41, 5.74) is 7.19. The Bertz CT molecular complexity index is 398. The summed E-state index contributed by atoms with van der Waals surface area (Å²) in [5, 5.41) is 12.3. The zero-order valence-corrected chi connectivity index (χ0v) is 9.07. The average molecular weight is 220 g/mol. The Hall–Kier alpha value is -1.71. The molecule has 86 valence electrons. The summed E-state index contributed by atoms with van der Waals surface area (Å²) < 4.78 is 0. The first-order valence-electron chi connectivity index (χ1n) is 5.56.